The number of carbonyl (C=O) groups excluding carboxylic acids is 1. The van der Waals surface area contributed by atoms with Crippen LogP contribution >= 0.6 is 7.92 Å². The van der Waals surface area contributed by atoms with Crippen LogP contribution in [0.25, 0.3) is 44.5 Å². The largest absolute Gasteiger partial charge is 0.496 e. The van der Waals surface area contributed by atoms with E-state index in [-0.39, 0.29) is 35.0 Å². The van der Waals surface area contributed by atoms with Gasteiger partial charge in [-0.2, -0.15) is 0 Å². The van der Waals surface area contributed by atoms with E-state index in [0.717, 1.165) is 22.6 Å². The first kappa shape index (κ1) is 45.8. The van der Waals surface area contributed by atoms with E-state index >= 15 is 0 Å². The third-order valence-electron chi connectivity index (χ3n) is 13.4. The molecule has 2 unspecified atom stereocenters. The van der Waals surface area contributed by atoms with Crippen LogP contribution in [-0.4, -0.2) is 20.0 Å². The van der Waals surface area contributed by atoms with Crippen LogP contribution in [0.2, 0.25) is 0 Å². The average molecular weight is 877 g/mol. The summed E-state index contributed by atoms with van der Waals surface area (Å²) in [5, 5.41) is 1.40. The van der Waals surface area contributed by atoms with Gasteiger partial charge in [-0.25, -0.2) is 0 Å². The van der Waals surface area contributed by atoms with E-state index in [1.807, 2.05) is 12.1 Å². The van der Waals surface area contributed by atoms with Gasteiger partial charge >= 0.3 is 0 Å². The molecule has 1 aliphatic heterocycles. The molecule has 65 heavy (non-hydrogen) atoms. The van der Waals surface area contributed by atoms with E-state index in [2.05, 4.69) is 195 Å². The summed E-state index contributed by atoms with van der Waals surface area (Å²) in [7, 11) is 2.46. The topological polar surface area (TPSA) is 35.5 Å². The second kappa shape index (κ2) is 19.8. The number of Topliss-reactive ketones (excluding diaryl/α,β-unsaturated/α-hetero) is 1. The first-order valence-electron chi connectivity index (χ1n) is 23.6. The van der Waals surface area contributed by atoms with Crippen molar-refractivity contribution in [3.63, 3.8) is 0 Å². The molecule has 4 heteroatoms. The first-order chi connectivity index (χ1) is 31.4. The molecule has 0 aliphatic carbocycles. The summed E-state index contributed by atoms with van der Waals surface area (Å²) in [6, 6.07) is 55.6. The van der Waals surface area contributed by atoms with Crippen LogP contribution in [0.4, 0.5) is 0 Å². The summed E-state index contributed by atoms with van der Waals surface area (Å²) in [5.41, 5.74) is 17.6. The van der Waals surface area contributed by atoms with Crippen molar-refractivity contribution in [1.29, 1.82) is 0 Å². The highest BCUT2D eigenvalue weighted by Crippen LogP contribution is 2.68. The molecule has 332 valence electrons. The molecule has 1 saturated heterocycles. The molecule has 0 N–H and O–H groups in total. The maximum atomic E-state index is 14.3. The number of benzene rings is 7. The Hall–Kier alpha value is -5.76. The molecule has 0 saturated carbocycles. The first-order valence-corrected chi connectivity index (χ1v) is 25.1. The third-order valence-corrected chi connectivity index (χ3v) is 16.7. The standard InChI is InChI=1S/C61H65O3P/c1-38(2)51-32-44(47-26-17-19-30-55(47)63-9)33-52(39(3)4)59(51)49-28-21-29-50(60-53(40(5)6)34-45(35-54(60)41(7)8)48-27-18-20-31-56(48)64-10)61(49)65-57(42-22-13-11-14-23-42)36-46(62)37-58(65)43-24-15-12-16-25-43/h11-35,38-41,57-58H,36-37H2,1-10H3. The fraction of sp³-hybridized carbons (Fsp3) is 0.295. The number of methoxy groups -OCH3 is 2. The molecule has 0 bridgehead atoms. The minimum Gasteiger partial charge on any atom is -0.496 e. The molecule has 7 aromatic rings. The molecule has 1 heterocycles. The molecule has 0 amide bonds. The van der Waals surface area contributed by atoms with Crippen LogP contribution in [0.15, 0.2) is 152 Å². The van der Waals surface area contributed by atoms with Crippen LogP contribution in [0.5, 0.6) is 11.5 Å². The lowest BCUT2D eigenvalue weighted by molar-refractivity contribution is -0.119. The smallest absolute Gasteiger partial charge is 0.134 e. The number of para-hydroxylation sites is 2. The van der Waals surface area contributed by atoms with Crippen LogP contribution in [0.1, 0.15) is 137 Å². The van der Waals surface area contributed by atoms with Gasteiger partial charge in [0, 0.05) is 35.3 Å². The van der Waals surface area contributed by atoms with E-state index in [1.54, 1.807) is 14.2 Å². The van der Waals surface area contributed by atoms with Gasteiger partial charge in [0.2, 0.25) is 0 Å². The van der Waals surface area contributed by atoms with Crippen LogP contribution < -0.4 is 14.8 Å². The predicted octanol–water partition coefficient (Wildman–Crippen LogP) is 16.8. The van der Waals surface area contributed by atoms with Crippen molar-refractivity contribution in [1.82, 2.24) is 0 Å². The Morgan fingerprint density at radius 2 is 0.754 bits per heavy atom. The van der Waals surface area contributed by atoms with Crippen LogP contribution in [0.3, 0.4) is 0 Å². The lowest BCUT2D eigenvalue weighted by Crippen LogP contribution is -2.26. The maximum Gasteiger partial charge on any atom is 0.134 e. The number of carbonyl (C=O) groups is 1. The minimum absolute atomic E-state index is 0.0215. The van der Waals surface area contributed by atoms with Gasteiger partial charge in [-0.05, 0) is 108 Å². The zero-order chi connectivity index (χ0) is 45.9. The fourth-order valence-electron chi connectivity index (χ4n) is 10.3. The molecule has 0 radical (unpaired) electrons. The summed E-state index contributed by atoms with van der Waals surface area (Å²) >= 11 is 0. The molecule has 8 rings (SSSR count). The fourth-order valence-corrected chi connectivity index (χ4v) is 14.0. The van der Waals surface area contributed by atoms with E-state index in [1.165, 1.54) is 72.1 Å². The van der Waals surface area contributed by atoms with Gasteiger partial charge in [-0.15, -0.1) is 0 Å². The molecule has 0 spiro atoms. The van der Waals surface area contributed by atoms with E-state index < -0.39 is 7.92 Å². The van der Waals surface area contributed by atoms with Crippen molar-refractivity contribution in [2.75, 3.05) is 14.2 Å². The number of ketones is 1. The van der Waals surface area contributed by atoms with Crippen molar-refractivity contribution in [2.45, 2.75) is 103 Å². The molecular formula is C61H65O3P. The Labute approximate surface area is 390 Å². The Morgan fingerprint density at radius 1 is 0.431 bits per heavy atom. The summed E-state index contributed by atoms with van der Waals surface area (Å²) < 4.78 is 11.9. The zero-order valence-corrected chi connectivity index (χ0v) is 40.9. The van der Waals surface area contributed by atoms with E-state index in [4.69, 9.17) is 9.47 Å². The second-order valence-corrected chi connectivity index (χ2v) is 21.5. The number of hydrogen-bond acceptors (Lipinski definition) is 3. The minimum atomic E-state index is -1.07. The highest BCUT2D eigenvalue weighted by molar-refractivity contribution is 7.67. The Kier molecular flexibility index (Phi) is 13.9. The third kappa shape index (κ3) is 9.10. The quantitative estimate of drug-likeness (QED) is 0.108. The van der Waals surface area contributed by atoms with Gasteiger partial charge in [-0.3, -0.25) is 4.79 Å². The van der Waals surface area contributed by atoms with Crippen molar-refractivity contribution < 1.29 is 14.3 Å². The molecule has 7 aromatic carbocycles. The predicted molar refractivity (Wildman–Crippen MR) is 277 cm³/mol. The highest BCUT2D eigenvalue weighted by atomic mass is 31.1. The number of hydrogen-bond donors (Lipinski definition) is 0. The molecule has 2 atom stereocenters. The van der Waals surface area contributed by atoms with Gasteiger partial charge in [0.05, 0.1) is 14.2 Å². The molecule has 3 nitrogen and oxygen atoms in total. The van der Waals surface area contributed by atoms with Crippen molar-refractivity contribution >= 4 is 19.0 Å². The Balaban J connectivity index is 1.55. The molecule has 1 aliphatic rings. The summed E-state index contributed by atoms with van der Waals surface area (Å²) in [4.78, 5) is 14.3. The zero-order valence-electron chi connectivity index (χ0n) is 40.0. The van der Waals surface area contributed by atoms with Crippen molar-refractivity contribution in [3.8, 4) is 56.0 Å². The lowest BCUT2D eigenvalue weighted by Gasteiger charge is -2.42. The lowest BCUT2D eigenvalue weighted by atomic mass is 9.79. The Morgan fingerprint density at radius 3 is 1.09 bits per heavy atom. The normalized spacial score (nSPS) is 16.5. The summed E-state index contributed by atoms with van der Waals surface area (Å²) in [6.07, 6.45) is 1.04. The highest BCUT2D eigenvalue weighted by Gasteiger charge is 2.42. The van der Waals surface area contributed by atoms with Gasteiger partial charge < -0.3 is 9.47 Å². The summed E-state index contributed by atoms with van der Waals surface area (Å²) in [5.74, 6) is 2.98. The Bertz CT molecular complexity index is 2540. The summed E-state index contributed by atoms with van der Waals surface area (Å²) in [6.45, 7) is 18.7. The molecule has 0 aromatic heterocycles. The monoisotopic (exact) mass is 876 g/mol. The van der Waals surface area contributed by atoms with Crippen molar-refractivity contribution in [3.05, 3.63) is 185 Å². The average Bonchev–Trinajstić information content (AvgIpc) is 3.33. The maximum absolute atomic E-state index is 14.3. The van der Waals surface area contributed by atoms with E-state index in [0.29, 0.717) is 18.6 Å². The van der Waals surface area contributed by atoms with Crippen LogP contribution in [0, 0.1) is 0 Å². The van der Waals surface area contributed by atoms with Crippen LogP contribution in [-0.2, 0) is 4.79 Å². The molecule has 1 fully saturated rings. The van der Waals surface area contributed by atoms with Crippen molar-refractivity contribution in [2.24, 2.45) is 0 Å². The van der Waals surface area contributed by atoms with Gasteiger partial charge in [0.15, 0.2) is 0 Å². The van der Waals surface area contributed by atoms with Gasteiger partial charge in [-0.1, -0.05) is 203 Å². The SMILES string of the molecule is COc1ccccc1-c1cc(C(C)C)c(-c2cccc(-c3c(C(C)C)cc(-c4ccccc4OC)cc3C(C)C)c2P2C(c3ccccc3)CC(=O)CC2c2ccccc2)c(C(C)C)c1. The van der Waals surface area contributed by atoms with Gasteiger partial charge in [0.25, 0.3) is 0 Å². The number of rotatable bonds is 13. The van der Waals surface area contributed by atoms with Gasteiger partial charge in [0.1, 0.15) is 17.3 Å². The number of ether oxygens (including phenoxy) is 2. The molecular weight excluding hydrogens is 812 g/mol. The second-order valence-electron chi connectivity index (χ2n) is 19.0. The van der Waals surface area contributed by atoms with E-state index in [9.17, 15) is 4.79 Å².